The van der Waals surface area contributed by atoms with Gasteiger partial charge in [0.2, 0.25) is 5.91 Å². The van der Waals surface area contributed by atoms with Crippen LogP contribution >= 0.6 is 0 Å². The Bertz CT molecular complexity index is 1240. The van der Waals surface area contributed by atoms with Gasteiger partial charge in [0.25, 0.3) is 5.91 Å². The number of amides is 2. The molecule has 2 amide bonds. The lowest BCUT2D eigenvalue weighted by Gasteiger charge is -2.12. The minimum absolute atomic E-state index is 0.117. The van der Waals surface area contributed by atoms with Crippen molar-refractivity contribution in [3.05, 3.63) is 96.1 Å². The van der Waals surface area contributed by atoms with Crippen LogP contribution in [0.5, 0.6) is 0 Å². The summed E-state index contributed by atoms with van der Waals surface area (Å²) < 4.78 is 0. The largest absolute Gasteiger partial charge is 0.343 e. The molecular weight excluding hydrogens is 386 g/mol. The van der Waals surface area contributed by atoms with Crippen LogP contribution in [0.2, 0.25) is 0 Å². The summed E-state index contributed by atoms with van der Waals surface area (Å²) in [6.45, 7) is 1.92. The molecule has 5 nitrogen and oxygen atoms in total. The first kappa shape index (κ1) is 20.3. The summed E-state index contributed by atoms with van der Waals surface area (Å²) in [6, 6.07) is 26.7. The molecule has 0 saturated carbocycles. The van der Waals surface area contributed by atoms with E-state index >= 15 is 0 Å². The zero-order valence-electron chi connectivity index (χ0n) is 17.3. The van der Waals surface area contributed by atoms with Crippen molar-refractivity contribution < 1.29 is 9.59 Å². The zero-order chi connectivity index (χ0) is 21.6. The highest BCUT2D eigenvalue weighted by molar-refractivity contribution is 6.08. The highest BCUT2D eigenvalue weighted by atomic mass is 16.2. The summed E-state index contributed by atoms with van der Waals surface area (Å²) in [4.78, 5) is 30.1. The van der Waals surface area contributed by atoms with Crippen LogP contribution in [0.15, 0.2) is 84.9 Å². The fourth-order valence-corrected chi connectivity index (χ4v) is 3.52. The SMILES string of the molecule is CCc1ccccc1NC(=O)CNC(=O)c1cc(-c2ccccc2)nc2ccccc12. The molecule has 0 aliphatic carbocycles. The summed E-state index contributed by atoms with van der Waals surface area (Å²) >= 11 is 0. The smallest absolute Gasteiger partial charge is 0.252 e. The number of nitrogens with one attached hydrogen (secondary N) is 2. The molecule has 1 aromatic heterocycles. The lowest BCUT2D eigenvalue weighted by atomic mass is 10.0. The van der Waals surface area contributed by atoms with E-state index < -0.39 is 0 Å². The lowest BCUT2D eigenvalue weighted by Crippen LogP contribution is -2.33. The first-order valence-electron chi connectivity index (χ1n) is 10.3. The van der Waals surface area contributed by atoms with Gasteiger partial charge in [0.15, 0.2) is 0 Å². The molecule has 1 heterocycles. The Balaban J connectivity index is 1.55. The number of para-hydroxylation sites is 2. The quantitative estimate of drug-likeness (QED) is 0.479. The number of anilines is 1. The molecule has 0 unspecified atom stereocenters. The van der Waals surface area contributed by atoms with Gasteiger partial charge in [-0.15, -0.1) is 0 Å². The molecule has 0 spiro atoms. The van der Waals surface area contributed by atoms with Gasteiger partial charge in [0, 0.05) is 16.6 Å². The molecule has 5 heteroatoms. The number of nitrogens with zero attached hydrogens (tertiary/aromatic N) is 1. The van der Waals surface area contributed by atoms with Crippen LogP contribution in [0.1, 0.15) is 22.8 Å². The first-order valence-corrected chi connectivity index (χ1v) is 10.3. The van der Waals surface area contributed by atoms with Gasteiger partial charge in [-0.05, 0) is 30.2 Å². The molecule has 0 saturated heterocycles. The Morgan fingerprint density at radius 2 is 1.58 bits per heavy atom. The second-order valence-corrected chi connectivity index (χ2v) is 7.18. The number of pyridine rings is 1. The fourth-order valence-electron chi connectivity index (χ4n) is 3.52. The number of aryl methyl sites for hydroxylation is 1. The predicted octanol–water partition coefficient (Wildman–Crippen LogP) is 4.83. The van der Waals surface area contributed by atoms with Crippen molar-refractivity contribution in [1.82, 2.24) is 10.3 Å². The third-order valence-corrected chi connectivity index (χ3v) is 5.11. The Morgan fingerprint density at radius 1 is 0.871 bits per heavy atom. The lowest BCUT2D eigenvalue weighted by molar-refractivity contribution is -0.115. The molecule has 3 aromatic carbocycles. The predicted molar refractivity (Wildman–Crippen MR) is 124 cm³/mol. The second kappa shape index (κ2) is 9.22. The van der Waals surface area contributed by atoms with E-state index in [-0.39, 0.29) is 18.4 Å². The van der Waals surface area contributed by atoms with E-state index in [4.69, 9.17) is 4.98 Å². The summed E-state index contributed by atoms with van der Waals surface area (Å²) in [5.41, 5.74) is 4.68. The van der Waals surface area contributed by atoms with E-state index in [1.165, 1.54) is 0 Å². The van der Waals surface area contributed by atoms with E-state index in [1.807, 2.05) is 85.8 Å². The normalized spacial score (nSPS) is 10.6. The molecule has 0 atom stereocenters. The van der Waals surface area contributed by atoms with E-state index in [0.29, 0.717) is 11.3 Å². The van der Waals surface area contributed by atoms with Gasteiger partial charge in [-0.1, -0.05) is 73.7 Å². The van der Waals surface area contributed by atoms with Crippen molar-refractivity contribution in [1.29, 1.82) is 0 Å². The molecule has 0 radical (unpaired) electrons. The number of benzene rings is 3. The van der Waals surface area contributed by atoms with Gasteiger partial charge < -0.3 is 10.6 Å². The Kier molecular flexibility index (Phi) is 6.03. The maximum Gasteiger partial charge on any atom is 0.252 e. The van der Waals surface area contributed by atoms with Crippen LogP contribution < -0.4 is 10.6 Å². The summed E-state index contributed by atoms with van der Waals surface area (Å²) in [7, 11) is 0. The van der Waals surface area contributed by atoms with Crippen molar-refractivity contribution in [2.24, 2.45) is 0 Å². The molecule has 2 N–H and O–H groups in total. The van der Waals surface area contributed by atoms with Crippen LogP contribution in [0.3, 0.4) is 0 Å². The third kappa shape index (κ3) is 4.61. The average molecular weight is 409 g/mol. The third-order valence-electron chi connectivity index (χ3n) is 5.11. The highest BCUT2D eigenvalue weighted by Crippen LogP contribution is 2.24. The minimum atomic E-state index is -0.310. The topological polar surface area (TPSA) is 71.1 Å². The number of hydrogen-bond acceptors (Lipinski definition) is 3. The molecule has 31 heavy (non-hydrogen) atoms. The van der Waals surface area contributed by atoms with E-state index in [2.05, 4.69) is 10.6 Å². The van der Waals surface area contributed by atoms with Gasteiger partial charge in [-0.3, -0.25) is 9.59 Å². The maximum absolute atomic E-state index is 13.0. The second-order valence-electron chi connectivity index (χ2n) is 7.18. The molecule has 4 rings (SSSR count). The minimum Gasteiger partial charge on any atom is -0.343 e. The number of rotatable bonds is 6. The summed E-state index contributed by atoms with van der Waals surface area (Å²) in [5.74, 6) is -0.578. The number of carbonyl (C=O) groups excluding carboxylic acids is 2. The summed E-state index contributed by atoms with van der Waals surface area (Å²) in [6.07, 6.45) is 0.814. The highest BCUT2D eigenvalue weighted by Gasteiger charge is 2.15. The Hall–Kier alpha value is -3.99. The van der Waals surface area contributed by atoms with Crippen LogP contribution in [-0.4, -0.2) is 23.3 Å². The Labute approximate surface area is 181 Å². The average Bonchev–Trinajstić information content (AvgIpc) is 2.82. The monoisotopic (exact) mass is 409 g/mol. The number of fused-ring (bicyclic) bond motifs is 1. The number of hydrogen-bond donors (Lipinski definition) is 2. The van der Waals surface area contributed by atoms with Crippen LogP contribution in [0.4, 0.5) is 5.69 Å². The molecule has 4 aromatic rings. The van der Waals surface area contributed by atoms with Crippen molar-refractivity contribution in [3.8, 4) is 11.3 Å². The molecule has 0 bridgehead atoms. The van der Waals surface area contributed by atoms with Crippen molar-refractivity contribution in [2.75, 3.05) is 11.9 Å². The van der Waals surface area contributed by atoms with Gasteiger partial charge >= 0.3 is 0 Å². The molecule has 0 aliphatic rings. The van der Waals surface area contributed by atoms with Crippen molar-refractivity contribution in [3.63, 3.8) is 0 Å². The maximum atomic E-state index is 13.0. The van der Waals surface area contributed by atoms with E-state index in [0.717, 1.165) is 34.1 Å². The van der Waals surface area contributed by atoms with Gasteiger partial charge in [0.05, 0.1) is 23.3 Å². The molecule has 0 aliphatic heterocycles. The van der Waals surface area contributed by atoms with Crippen LogP contribution in [0, 0.1) is 0 Å². The van der Waals surface area contributed by atoms with Gasteiger partial charge in [-0.2, -0.15) is 0 Å². The fraction of sp³-hybridized carbons (Fsp3) is 0.115. The molecule has 154 valence electrons. The Morgan fingerprint density at radius 3 is 2.39 bits per heavy atom. The van der Waals surface area contributed by atoms with Crippen LogP contribution in [-0.2, 0) is 11.2 Å². The van der Waals surface area contributed by atoms with Crippen molar-refractivity contribution in [2.45, 2.75) is 13.3 Å². The standard InChI is InChI=1S/C26H23N3O2/c1-2-18-10-6-8-14-22(18)29-25(30)17-27-26(31)21-16-24(19-11-4-3-5-12-19)28-23-15-9-7-13-20(21)23/h3-16H,2,17H2,1H3,(H,27,31)(H,29,30). The van der Waals surface area contributed by atoms with Crippen molar-refractivity contribution >= 4 is 28.4 Å². The molecular formula is C26H23N3O2. The van der Waals surface area contributed by atoms with Gasteiger partial charge in [-0.25, -0.2) is 4.98 Å². The number of aromatic nitrogens is 1. The summed E-state index contributed by atoms with van der Waals surface area (Å²) in [5, 5.41) is 6.37. The molecule has 0 fully saturated rings. The van der Waals surface area contributed by atoms with E-state index in [1.54, 1.807) is 6.07 Å². The number of carbonyl (C=O) groups is 2. The van der Waals surface area contributed by atoms with E-state index in [9.17, 15) is 9.59 Å². The zero-order valence-corrected chi connectivity index (χ0v) is 17.3. The first-order chi connectivity index (χ1) is 15.2. The van der Waals surface area contributed by atoms with Crippen LogP contribution in [0.25, 0.3) is 22.2 Å². The van der Waals surface area contributed by atoms with Gasteiger partial charge in [0.1, 0.15) is 0 Å².